The highest BCUT2D eigenvalue weighted by atomic mass is 31.1. The summed E-state index contributed by atoms with van der Waals surface area (Å²) in [6.45, 7) is 16.1. The van der Waals surface area contributed by atoms with Crippen LogP contribution in [0.3, 0.4) is 0 Å². The van der Waals surface area contributed by atoms with Crippen molar-refractivity contribution in [2.75, 3.05) is 0 Å². The molecule has 126 valence electrons. The van der Waals surface area contributed by atoms with E-state index in [2.05, 4.69) is 48.5 Å². The highest BCUT2D eigenvalue weighted by molar-refractivity contribution is 7.26. The van der Waals surface area contributed by atoms with Crippen molar-refractivity contribution in [3.05, 3.63) is 0 Å². The van der Waals surface area contributed by atoms with Crippen LogP contribution in [-0.4, -0.2) is 5.16 Å². The molecule has 2 unspecified atom stereocenters. The Morgan fingerprint density at radius 2 is 1.29 bits per heavy atom. The predicted octanol–water partition coefficient (Wildman–Crippen LogP) is 7.35. The molecule has 1 nitrogen and oxygen atoms in total. The van der Waals surface area contributed by atoms with Crippen LogP contribution in [0.2, 0.25) is 0 Å². The first-order valence-corrected chi connectivity index (χ1v) is 9.93. The van der Waals surface area contributed by atoms with Gasteiger partial charge in [-0.25, -0.2) is 0 Å². The molecular formula is C19H39OP. The molecule has 0 fully saturated rings. The van der Waals surface area contributed by atoms with E-state index < -0.39 is 0 Å². The Kier molecular flexibility index (Phi) is 10.8. The van der Waals surface area contributed by atoms with Gasteiger partial charge in [0.15, 0.2) is 8.46 Å². The van der Waals surface area contributed by atoms with Crippen molar-refractivity contribution in [3.8, 4) is 0 Å². The molecule has 0 spiro atoms. The smallest absolute Gasteiger partial charge is 0.162 e. The Morgan fingerprint density at radius 3 is 1.62 bits per heavy atom. The van der Waals surface area contributed by atoms with Crippen molar-refractivity contribution in [1.29, 1.82) is 0 Å². The largest absolute Gasteiger partial charge is 0.274 e. The Bertz CT molecular complexity index is 257. The zero-order valence-corrected chi connectivity index (χ0v) is 16.5. The minimum atomic E-state index is 0.0150. The molecule has 0 aliphatic carbocycles. The number of hydrogen-bond donors (Lipinski definition) is 0. The lowest BCUT2D eigenvalue weighted by molar-refractivity contribution is 0.260. The fourth-order valence-electron chi connectivity index (χ4n) is 2.96. The fourth-order valence-corrected chi connectivity index (χ4v) is 3.93. The first kappa shape index (κ1) is 21.1. The van der Waals surface area contributed by atoms with E-state index in [-0.39, 0.29) is 5.16 Å². The summed E-state index contributed by atoms with van der Waals surface area (Å²) in [5, 5.41) is 0.0150. The van der Waals surface area contributed by atoms with Crippen molar-refractivity contribution in [1.82, 2.24) is 0 Å². The molecule has 0 aromatic carbocycles. The van der Waals surface area contributed by atoms with Gasteiger partial charge in [-0.1, -0.05) is 74.1 Å². The molecule has 0 aromatic heterocycles. The van der Waals surface area contributed by atoms with Crippen LogP contribution in [0.5, 0.6) is 0 Å². The molecule has 0 rings (SSSR count). The highest BCUT2D eigenvalue weighted by Crippen LogP contribution is 2.43. The summed E-state index contributed by atoms with van der Waals surface area (Å²) in [6.07, 6.45) is 8.46. The molecular weight excluding hydrogens is 275 g/mol. The third-order valence-electron chi connectivity index (χ3n) is 5.37. The molecule has 0 aliphatic rings. The summed E-state index contributed by atoms with van der Waals surface area (Å²) in [6, 6.07) is 0. The van der Waals surface area contributed by atoms with Gasteiger partial charge in [-0.05, 0) is 42.9 Å². The molecule has 21 heavy (non-hydrogen) atoms. The van der Waals surface area contributed by atoms with E-state index in [9.17, 15) is 4.57 Å². The van der Waals surface area contributed by atoms with Crippen molar-refractivity contribution >= 4 is 8.46 Å². The summed E-state index contributed by atoms with van der Waals surface area (Å²) in [5.74, 6) is 2.65. The second kappa shape index (κ2) is 10.8. The van der Waals surface area contributed by atoms with Gasteiger partial charge in [0.25, 0.3) is 0 Å². The second-order valence-corrected chi connectivity index (χ2v) is 9.11. The van der Waals surface area contributed by atoms with Gasteiger partial charge in [-0.2, -0.15) is 0 Å². The molecule has 0 saturated carbocycles. The van der Waals surface area contributed by atoms with Gasteiger partial charge in [-0.3, -0.25) is 4.57 Å². The van der Waals surface area contributed by atoms with Crippen LogP contribution in [0, 0.1) is 23.7 Å². The number of unbranched alkanes of at least 4 members (excludes halogenated alkanes) is 3. The van der Waals surface area contributed by atoms with Gasteiger partial charge >= 0.3 is 0 Å². The summed E-state index contributed by atoms with van der Waals surface area (Å²) < 4.78 is 12.1. The van der Waals surface area contributed by atoms with E-state index >= 15 is 0 Å². The van der Waals surface area contributed by atoms with Crippen LogP contribution in [0.4, 0.5) is 0 Å². The van der Waals surface area contributed by atoms with Gasteiger partial charge in [0.2, 0.25) is 0 Å². The van der Waals surface area contributed by atoms with E-state index in [1.807, 2.05) is 0 Å². The molecule has 0 radical (unpaired) electrons. The molecule has 0 aromatic rings. The summed E-state index contributed by atoms with van der Waals surface area (Å²) in [7, 11) is 0.384. The Balaban J connectivity index is 4.86. The van der Waals surface area contributed by atoms with Crippen molar-refractivity contribution in [2.45, 2.75) is 98.6 Å². The number of hydrogen-bond acceptors (Lipinski definition) is 1. The minimum Gasteiger partial charge on any atom is -0.274 e. The lowest BCUT2D eigenvalue weighted by atomic mass is 9.78. The zero-order chi connectivity index (χ0) is 16.5. The normalized spacial score (nSPS) is 18.1. The van der Waals surface area contributed by atoms with Gasteiger partial charge in [0.1, 0.15) is 0 Å². The van der Waals surface area contributed by atoms with E-state index in [1.165, 1.54) is 25.7 Å². The number of rotatable bonds is 12. The minimum absolute atomic E-state index is 0.0150. The van der Waals surface area contributed by atoms with E-state index in [1.54, 1.807) is 0 Å². The SMILES string of the molecule is CCCCCCC(CC(C)C(C)C)(CC(C)C(C)C)P=O. The maximum atomic E-state index is 12.1. The molecule has 2 heteroatoms. The predicted molar refractivity (Wildman–Crippen MR) is 96.3 cm³/mol. The summed E-state index contributed by atoms with van der Waals surface area (Å²) >= 11 is 0. The topological polar surface area (TPSA) is 17.1 Å². The van der Waals surface area contributed by atoms with Crippen LogP contribution in [0.25, 0.3) is 0 Å². The second-order valence-electron chi connectivity index (χ2n) is 7.98. The standard InChI is InChI=1S/C19H39OP/c1-8-9-10-11-12-19(21-20,13-17(6)15(2)3)14-18(7)16(4)5/h15-18H,8-14H2,1-7H3. The zero-order valence-electron chi connectivity index (χ0n) is 15.6. The van der Waals surface area contributed by atoms with E-state index in [0.29, 0.717) is 32.1 Å². The van der Waals surface area contributed by atoms with Crippen molar-refractivity contribution < 1.29 is 4.57 Å². The fraction of sp³-hybridized carbons (Fsp3) is 1.00. The maximum absolute atomic E-state index is 12.1. The highest BCUT2D eigenvalue weighted by Gasteiger charge is 2.35. The summed E-state index contributed by atoms with van der Waals surface area (Å²) in [4.78, 5) is 0. The quantitative estimate of drug-likeness (QED) is 0.272. The van der Waals surface area contributed by atoms with Crippen LogP contribution >= 0.6 is 8.46 Å². The van der Waals surface area contributed by atoms with E-state index in [0.717, 1.165) is 19.3 Å². The van der Waals surface area contributed by atoms with Gasteiger partial charge in [0, 0.05) is 0 Å². The molecule has 0 amide bonds. The van der Waals surface area contributed by atoms with Crippen molar-refractivity contribution in [3.63, 3.8) is 0 Å². The first-order chi connectivity index (χ1) is 9.78. The first-order valence-electron chi connectivity index (χ1n) is 9.12. The van der Waals surface area contributed by atoms with Crippen molar-refractivity contribution in [2.24, 2.45) is 23.7 Å². The third kappa shape index (κ3) is 8.34. The molecule has 0 aliphatic heterocycles. The van der Waals surface area contributed by atoms with Crippen LogP contribution in [0.1, 0.15) is 93.4 Å². The lowest BCUT2D eigenvalue weighted by Gasteiger charge is -2.34. The Labute approximate surface area is 135 Å². The molecule has 0 bridgehead atoms. The van der Waals surface area contributed by atoms with Crippen LogP contribution in [0.15, 0.2) is 0 Å². The van der Waals surface area contributed by atoms with Gasteiger partial charge in [0.05, 0.1) is 5.16 Å². The molecule has 0 N–H and O–H groups in total. The monoisotopic (exact) mass is 314 g/mol. The van der Waals surface area contributed by atoms with E-state index in [4.69, 9.17) is 0 Å². The third-order valence-corrected chi connectivity index (χ3v) is 6.35. The Hall–Kier alpha value is 0.100. The van der Waals surface area contributed by atoms with Crippen LogP contribution < -0.4 is 0 Å². The lowest BCUT2D eigenvalue weighted by Crippen LogP contribution is -2.30. The maximum Gasteiger partial charge on any atom is 0.162 e. The summed E-state index contributed by atoms with van der Waals surface area (Å²) in [5.41, 5.74) is 0. The average Bonchev–Trinajstić information content (AvgIpc) is 2.42. The molecule has 0 heterocycles. The molecule has 0 saturated heterocycles. The Morgan fingerprint density at radius 1 is 0.810 bits per heavy atom. The van der Waals surface area contributed by atoms with Gasteiger partial charge < -0.3 is 0 Å². The van der Waals surface area contributed by atoms with Gasteiger partial charge in [-0.15, -0.1) is 0 Å². The molecule has 2 atom stereocenters. The van der Waals surface area contributed by atoms with Crippen LogP contribution in [-0.2, 0) is 4.57 Å². The average molecular weight is 314 g/mol.